The quantitative estimate of drug-likeness (QED) is 0.158. The summed E-state index contributed by atoms with van der Waals surface area (Å²) in [5, 5.41) is 0. The average molecular weight is 693 g/mol. The van der Waals surface area contributed by atoms with Gasteiger partial charge in [0.15, 0.2) is 29.1 Å². The van der Waals surface area contributed by atoms with Gasteiger partial charge in [0.1, 0.15) is 6.33 Å². The van der Waals surface area contributed by atoms with Crippen molar-refractivity contribution in [3.8, 4) is 90.3 Å². The Kier molecular flexibility index (Phi) is 8.81. The van der Waals surface area contributed by atoms with E-state index in [1.54, 1.807) is 6.33 Å². The Bertz CT molecular complexity index is 2640. The summed E-state index contributed by atoms with van der Waals surface area (Å²) in [5.74, 6) is 3.06. The first kappa shape index (κ1) is 32.5. The SMILES string of the molecule is c1ccc(-c2cc(-c3cccc(-c4nc(-c5ccccc5)nc(-c5ccccc5)n4)c3)cc(-c3ncnc(-c4ccccc4-c4ccccc4)n3)c2)cc1. The van der Waals surface area contributed by atoms with Crippen LogP contribution in [0.2, 0.25) is 0 Å². The van der Waals surface area contributed by atoms with Crippen LogP contribution in [0, 0.1) is 0 Å². The molecule has 0 bridgehead atoms. The molecule has 2 heterocycles. The summed E-state index contributed by atoms with van der Waals surface area (Å²) in [5.41, 5.74) is 10.9. The van der Waals surface area contributed by atoms with Crippen molar-refractivity contribution in [2.75, 3.05) is 0 Å². The standard InChI is InChI=1S/C48H32N6/c1-5-16-33(17-6-1)39-29-40(31-41(30-39)44-49-32-50-48(51-44)43-27-14-13-26-42(43)34-18-7-2-8-19-34)37-24-15-25-38(28-37)47-53-45(35-20-9-3-10-21-35)52-46(54-47)36-22-11-4-12-23-36/h1-32H. The van der Waals surface area contributed by atoms with Gasteiger partial charge in [-0.3, -0.25) is 0 Å². The Morgan fingerprint density at radius 1 is 0.222 bits per heavy atom. The van der Waals surface area contributed by atoms with Gasteiger partial charge in [0.25, 0.3) is 0 Å². The van der Waals surface area contributed by atoms with Gasteiger partial charge in [0.2, 0.25) is 0 Å². The maximum Gasteiger partial charge on any atom is 0.164 e. The Labute approximate surface area is 313 Å². The van der Waals surface area contributed by atoms with Gasteiger partial charge in [-0.1, -0.05) is 164 Å². The molecule has 9 aromatic rings. The van der Waals surface area contributed by atoms with E-state index in [0.29, 0.717) is 29.1 Å². The van der Waals surface area contributed by atoms with E-state index in [0.717, 1.165) is 61.2 Å². The Hall–Kier alpha value is -7.44. The largest absolute Gasteiger partial charge is 0.217 e. The van der Waals surface area contributed by atoms with Gasteiger partial charge < -0.3 is 0 Å². The normalized spacial score (nSPS) is 11.0. The van der Waals surface area contributed by atoms with Crippen LogP contribution in [0.25, 0.3) is 90.3 Å². The zero-order chi connectivity index (χ0) is 36.1. The zero-order valence-corrected chi connectivity index (χ0v) is 29.2. The molecule has 0 radical (unpaired) electrons. The van der Waals surface area contributed by atoms with Gasteiger partial charge in [-0.15, -0.1) is 0 Å². The van der Waals surface area contributed by atoms with E-state index in [-0.39, 0.29) is 0 Å². The van der Waals surface area contributed by atoms with Crippen LogP contribution in [0.5, 0.6) is 0 Å². The summed E-state index contributed by atoms with van der Waals surface area (Å²) in [4.78, 5) is 29.3. The third-order valence-corrected chi connectivity index (χ3v) is 9.28. The minimum Gasteiger partial charge on any atom is -0.217 e. The van der Waals surface area contributed by atoms with E-state index >= 15 is 0 Å². The van der Waals surface area contributed by atoms with Crippen LogP contribution in [0.1, 0.15) is 0 Å². The van der Waals surface area contributed by atoms with Crippen molar-refractivity contribution in [3.05, 3.63) is 194 Å². The highest BCUT2D eigenvalue weighted by atomic mass is 15.0. The van der Waals surface area contributed by atoms with Crippen LogP contribution >= 0.6 is 0 Å². The summed E-state index contributed by atoms with van der Waals surface area (Å²) in [6.07, 6.45) is 1.60. The molecule has 254 valence electrons. The van der Waals surface area contributed by atoms with Gasteiger partial charge in [-0.25, -0.2) is 29.9 Å². The van der Waals surface area contributed by atoms with Gasteiger partial charge in [-0.05, 0) is 57.6 Å². The van der Waals surface area contributed by atoms with Crippen molar-refractivity contribution in [1.82, 2.24) is 29.9 Å². The van der Waals surface area contributed by atoms with E-state index < -0.39 is 0 Å². The smallest absolute Gasteiger partial charge is 0.164 e. The molecule has 6 heteroatoms. The molecule has 7 aromatic carbocycles. The maximum absolute atomic E-state index is 5.06. The van der Waals surface area contributed by atoms with E-state index in [4.69, 9.17) is 24.9 Å². The van der Waals surface area contributed by atoms with Crippen LogP contribution < -0.4 is 0 Å². The summed E-state index contributed by atoms with van der Waals surface area (Å²) in [6.45, 7) is 0. The van der Waals surface area contributed by atoms with Crippen LogP contribution in [0.15, 0.2) is 194 Å². The molecule has 54 heavy (non-hydrogen) atoms. The fourth-order valence-electron chi connectivity index (χ4n) is 6.61. The van der Waals surface area contributed by atoms with E-state index in [1.165, 1.54) is 0 Å². The molecule has 0 aliphatic heterocycles. The fourth-order valence-corrected chi connectivity index (χ4v) is 6.61. The number of benzene rings is 7. The third kappa shape index (κ3) is 6.79. The molecule has 0 atom stereocenters. The second kappa shape index (κ2) is 14.7. The van der Waals surface area contributed by atoms with Crippen molar-refractivity contribution in [3.63, 3.8) is 0 Å². The lowest BCUT2D eigenvalue weighted by molar-refractivity contribution is 1.07. The molecule has 2 aromatic heterocycles. The lowest BCUT2D eigenvalue weighted by Crippen LogP contribution is -2.00. The average Bonchev–Trinajstić information content (AvgIpc) is 3.27. The highest BCUT2D eigenvalue weighted by molar-refractivity contribution is 5.83. The summed E-state index contributed by atoms with van der Waals surface area (Å²) in [7, 11) is 0. The van der Waals surface area contributed by atoms with E-state index in [9.17, 15) is 0 Å². The Balaban J connectivity index is 1.16. The Morgan fingerprint density at radius 3 is 1.22 bits per heavy atom. The minimum absolute atomic E-state index is 0.593. The number of nitrogens with zero attached hydrogens (tertiary/aromatic N) is 6. The predicted octanol–water partition coefficient (Wildman–Crippen LogP) is 11.4. The molecule has 6 nitrogen and oxygen atoms in total. The second-order valence-electron chi connectivity index (χ2n) is 12.8. The minimum atomic E-state index is 0.593. The molecule has 0 amide bonds. The fraction of sp³-hybridized carbons (Fsp3) is 0. The van der Waals surface area contributed by atoms with Gasteiger partial charge >= 0.3 is 0 Å². The second-order valence-corrected chi connectivity index (χ2v) is 12.8. The monoisotopic (exact) mass is 692 g/mol. The molecular formula is C48H32N6. The molecule has 0 saturated carbocycles. The molecule has 0 aliphatic rings. The highest BCUT2D eigenvalue weighted by Gasteiger charge is 2.16. The van der Waals surface area contributed by atoms with Crippen LogP contribution in [-0.2, 0) is 0 Å². The van der Waals surface area contributed by atoms with Crippen molar-refractivity contribution in [1.29, 1.82) is 0 Å². The summed E-state index contributed by atoms with van der Waals surface area (Å²) in [6, 6.07) is 63.8. The van der Waals surface area contributed by atoms with E-state index in [2.05, 4.69) is 89.9 Å². The number of hydrogen-bond acceptors (Lipinski definition) is 6. The zero-order valence-electron chi connectivity index (χ0n) is 29.2. The Morgan fingerprint density at radius 2 is 0.611 bits per heavy atom. The molecule has 0 unspecified atom stereocenters. The molecule has 0 N–H and O–H groups in total. The molecule has 9 rings (SSSR count). The molecular weight excluding hydrogens is 661 g/mol. The molecule has 0 fully saturated rings. The highest BCUT2D eigenvalue weighted by Crippen LogP contribution is 2.35. The first-order chi connectivity index (χ1) is 26.7. The van der Waals surface area contributed by atoms with Crippen LogP contribution in [-0.4, -0.2) is 29.9 Å². The summed E-state index contributed by atoms with van der Waals surface area (Å²) < 4.78 is 0. The predicted molar refractivity (Wildman–Crippen MR) is 217 cm³/mol. The van der Waals surface area contributed by atoms with Crippen LogP contribution in [0.3, 0.4) is 0 Å². The van der Waals surface area contributed by atoms with Crippen molar-refractivity contribution >= 4 is 0 Å². The van der Waals surface area contributed by atoms with Gasteiger partial charge in [0.05, 0.1) is 0 Å². The third-order valence-electron chi connectivity index (χ3n) is 9.28. The van der Waals surface area contributed by atoms with Crippen molar-refractivity contribution in [2.24, 2.45) is 0 Å². The van der Waals surface area contributed by atoms with Crippen LogP contribution in [0.4, 0.5) is 0 Å². The van der Waals surface area contributed by atoms with Crippen molar-refractivity contribution < 1.29 is 0 Å². The molecule has 0 spiro atoms. The lowest BCUT2D eigenvalue weighted by Gasteiger charge is -2.13. The summed E-state index contributed by atoms with van der Waals surface area (Å²) >= 11 is 0. The van der Waals surface area contributed by atoms with Gasteiger partial charge in [0, 0.05) is 27.8 Å². The van der Waals surface area contributed by atoms with E-state index in [1.807, 2.05) is 103 Å². The number of hydrogen-bond donors (Lipinski definition) is 0. The first-order valence-electron chi connectivity index (χ1n) is 17.8. The molecule has 0 saturated heterocycles. The lowest BCUT2D eigenvalue weighted by atomic mass is 9.95. The number of rotatable bonds is 8. The topological polar surface area (TPSA) is 77.3 Å². The molecule has 0 aliphatic carbocycles. The number of aromatic nitrogens is 6. The maximum atomic E-state index is 5.06. The van der Waals surface area contributed by atoms with Crippen molar-refractivity contribution in [2.45, 2.75) is 0 Å². The van der Waals surface area contributed by atoms with Gasteiger partial charge in [-0.2, -0.15) is 0 Å². The first-order valence-corrected chi connectivity index (χ1v) is 17.8.